The van der Waals surface area contributed by atoms with E-state index in [-0.39, 0.29) is 23.2 Å². The van der Waals surface area contributed by atoms with E-state index in [9.17, 15) is 9.59 Å². The van der Waals surface area contributed by atoms with Crippen LogP contribution in [0.4, 0.5) is 0 Å². The van der Waals surface area contributed by atoms with Crippen LogP contribution in [-0.4, -0.2) is 30.0 Å². The van der Waals surface area contributed by atoms with Crippen LogP contribution in [0.5, 0.6) is 0 Å². The number of H-pyrrole nitrogens is 1. The molecule has 1 amide bonds. The number of rotatable bonds is 6. The number of nitrogens with one attached hydrogen (secondary N) is 2. The van der Waals surface area contributed by atoms with E-state index in [2.05, 4.69) is 10.3 Å². The zero-order chi connectivity index (χ0) is 18.5. The topological polar surface area (TPSA) is 71.2 Å². The first kappa shape index (κ1) is 18.3. The molecule has 0 unspecified atom stereocenters. The molecule has 0 radical (unpaired) electrons. The van der Waals surface area contributed by atoms with Crippen LogP contribution in [-0.2, 0) is 16.0 Å². The van der Waals surface area contributed by atoms with Gasteiger partial charge in [-0.1, -0.05) is 53.5 Å². The lowest BCUT2D eigenvalue weighted by Crippen LogP contribution is -2.30. The van der Waals surface area contributed by atoms with Crippen LogP contribution in [0.25, 0.3) is 10.9 Å². The largest absolute Gasteiger partial charge is 0.451 e. The number of fused-ring (bicyclic) bond motifs is 1. The van der Waals surface area contributed by atoms with Crippen molar-refractivity contribution in [1.29, 1.82) is 0 Å². The molecule has 0 atom stereocenters. The Morgan fingerprint density at radius 3 is 2.50 bits per heavy atom. The van der Waals surface area contributed by atoms with Gasteiger partial charge in [-0.15, -0.1) is 0 Å². The molecule has 0 fully saturated rings. The zero-order valence-corrected chi connectivity index (χ0v) is 15.2. The highest BCUT2D eigenvalue weighted by Crippen LogP contribution is 2.27. The monoisotopic (exact) mass is 390 g/mol. The Kier molecular flexibility index (Phi) is 5.81. The summed E-state index contributed by atoms with van der Waals surface area (Å²) in [7, 11) is 0. The summed E-state index contributed by atoms with van der Waals surface area (Å²) in [5, 5.41) is 4.38. The Labute approximate surface area is 160 Å². The smallest absolute Gasteiger partial charge is 0.356 e. The van der Waals surface area contributed by atoms with E-state index in [1.807, 2.05) is 30.3 Å². The van der Waals surface area contributed by atoms with Crippen molar-refractivity contribution in [2.45, 2.75) is 6.42 Å². The molecule has 0 saturated carbocycles. The maximum absolute atomic E-state index is 12.1. The maximum Gasteiger partial charge on any atom is 0.356 e. The number of aromatic nitrogens is 1. The number of hydrogen-bond acceptors (Lipinski definition) is 3. The van der Waals surface area contributed by atoms with Gasteiger partial charge in [-0.2, -0.15) is 0 Å². The highest BCUT2D eigenvalue weighted by Gasteiger charge is 2.18. The molecule has 0 aliphatic heterocycles. The summed E-state index contributed by atoms with van der Waals surface area (Å²) in [6.07, 6.45) is 0.657. The molecule has 2 aromatic carbocycles. The van der Waals surface area contributed by atoms with Crippen molar-refractivity contribution in [3.05, 3.63) is 69.8 Å². The van der Waals surface area contributed by atoms with Gasteiger partial charge in [-0.25, -0.2) is 4.79 Å². The molecule has 7 heteroatoms. The summed E-state index contributed by atoms with van der Waals surface area (Å²) < 4.78 is 5.03. The Balaban J connectivity index is 1.48. The van der Waals surface area contributed by atoms with Gasteiger partial charge in [-0.3, -0.25) is 4.79 Å². The zero-order valence-electron chi connectivity index (χ0n) is 13.7. The fourth-order valence-corrected chi connectivity index (χ4v) is 2.92. The summed E-state index contributed by atoms with van der Waals surface area (Å²) in [5.74, 6) is -1.04. The molecule has 3 rings (SSSR count). The van der Waals surface area contributed by atoms with Crippen LogP contribution in [0.3, 0.4) is 0 Å². The fraction of sp³-hybridized carbons (Fsp3) is 0.158. The summed E-state index contributed by atoms with van der Waals surface area (Å²) in [4.78, 5) is 26.9. The third kappa shape index (κ3) is 4.36. The lowest BCUT2D eigenvalue weighted by atomic mass is 10.1. The minimum atomic E-state index is -0.668. The number of hydrogen-bond donors (Lipinski definition) is 2. The van der Waals surface area contributed by atoms with Crippen molar-refractivity contribution in [1.82, 2.24) is 10.3 Å². The third-order valence-corrected chi connectivity index (χ3v) is 4.47. The van der Waals surface area contributed by atoms with Crippen LogP contribution < -0.4 is 5.32 Å². The van der Waals surface area contributed by atoms with Crippen molar-refractivity contribution in [2.24, 2.45) is 0 Å². The second-order valence-electron chi connectivity index (χ2n) is 5.66. The van der Waals surface area contributed by atoms with Gasteiger partial charge in [0.2, 0.25) is 0 Å². The first-order valence-electron chi connectivity index (χ1n) is 7.99. The van der Waals surface area contributed by atoms with Gasteiger partial charge in [0.1, 0.15) is 5.69 Å². The fourth-order valence-electron chi connectivity index (χ4n) is 2.50. The molecular weight excluding hydrogens is 375 g/mol. The number of carbonyl (C=O) groups excluding carboxylic acids is 2. The number of benzene rings is 2. The van der Waals surface area contributed by atoms with E-state index in [1.165, 1.54) is 0 Å². The van der Waals surface area contributed by atoms with Crippen LogP contribution >= 0.6 is 23.2 Å². The second kappa shape index (κ2) is 8.25. The van der Waals surface area contributed by atoms with E-state index < -0.39 is 5.97 Å². The number of esters is 1. The number of ether oxygens (including phenoxy) is 1. The Hall–Kier alpha value is -2.50. The average Bonchev–Trinajstić information content (AvgIpc) is 2.98. The van der Waals surface area contributed by atoms with E-state index in [0.717, 1.165) is 16.5 Å². The molecule has 5 nitrogen and oxygen atoms in total. The summed E-state index contributed by atoms with van der Waals surface area (Å²) in [6, 6.07) is 14.6. The van der Waals surface area contributed by atoms with Crippen molar-refractivity contribution in [3.8, 4) is 0 Å². The summed E-state index contributed by atoms with van der Waals surface area (Å²) >= 11 is 12.0. The van der Waals surface area contributed by atoms with Crippen LogP contribution in [0, 0.1) is 0 Å². The van der Waals surface area contributed by atoms with Gasteiger partial charge in [0.25, 0.3) is 5.91 Å². The SMILES string of the molecule is O=C(COC(=O)c1[nH]c2ccccc2c1Cl)NCCc1ccc(Cl)cc1. The summed E-state index contributed by atoms with van der Waals surface area (Å²) in [6.45, 7) is 0.0658. The number of aromatic amines is 1. The van der Waals surface area contributed by atoms with Gasteiger partial charge >= 0.3 is 5.97 Å². The standard InChI is InChI=1S/C19H16Cl2N2O3/c20-13-7-5-12(6-8-13)9-10-22-16(24)11-26-19(25)18-17(21)14-3-1-2-4-15(14)23-18/h1-8,23H,9-11H2,(H,22,24). The number of carbonyl (C=O) groups is 2. The highest BCUT2D eigenvalue weighted by atomic mass is 35.5. The quantitative estimate of drug-likeness (QED) is 0.625. The first-order chi connectivity index (χ1) is 12.5. The molecule has 2 N–H and O–H groups in total. The molecular formula is C19H16Cl2N2O3. The molecule has 0 aliphatic rings. The van der Waals surface area contributed by atoms with Crippen molar-refractivity contribution in [2.75, 3.05) is 13.2 Å². The molecule has 0 bridgehead atoms. The van der Waals surface area contributed by atoms with Crippen molar-refractivity contribution in [3.63, 3.8) is 0 Å². The van der Waals surface area contributed by atoms with Gasteiger partial charge in [0.15, 0.2) is 6.61 Å². The van der Waals surface area contributed by atoms with E-state index in [4.69, 9.17) is 27.9 Å². The maximum atomic E-state index is 12.1. The van der Waals surface area contributed by atoms with Crippen LogP contribution in [0.15, 0.2) is 48.5 Å². The Morgan fingerprint density at radius 2 is 1.77 bits per heavy atom. The van der Waals surface area contributed by atoms with Crippen molar-refractivity contribution >= 4 is 46.0 Å². The third-order valence-electron chi connectivity index (χ3n) is 3.83. The Morgan fingerprint density at radius 1 is 1.04 bits per heavy atom. The van der Waals surface area contributed by atoms with E-state index in [1.54, 1.807) is 18.2 Å². The van der Waals surface area contributed by atoms with Crippen LogP contribution in [0.2, 0.25) is 10.0 Å². The lowest BCUT2D eigenvalue weighted by Gasteiger charge is -2.06. The van der Waals surface area contributed by atoms with E-state index >= 15 is 0 Å². The van der Waals surface area contributed by atoms with Gasteiger partial charge in [-0.05, 0) is 30.2 Å². The normalized spacial score (nSPS) is 10.7. The molecule has 0 saturated heterocycles. The highest BCUT2D eigenvalue weighted by molar-refractivity contribution is 6.38. The molecule has 134 valence electrons. The number of halogens is 2. The second-order valence-corrected chi connectivity index (χ2v) is 6.48. The Bertz CT molecular complexity index is 936. The molecule has 0 aliphatic carbocycles. The van der Waals surface area contributed by atoms with Gasteiger partial charge < -0.3 is 15.0 Å². The van der Waals surface area contributed by atoms with Crippen molar-refractivity contribution < 1.29 is 14.3 Å². The number of para-hydroxylation sites is 1. The van der Waals surface area contributed by atoms with Gasteiger partial charge in [0.05, 0.1) is 5.02 Å². The number of amides is 1. The lowest BCUT2D eigenvalue weighted by molar-refractivity contribution is -0.124. The predicted molar refractivity (Wildman–Crippen MR) is 102 cm³/mol. The average molecular weight is 391 g/mol. The van der Waals surface area contributed by atoms with E-state index in [0.29, 0.717) is 18.0 Å². The molecule has 1 heterocycles. The molecule has 0 spiro atoms. The summed E-state index contributed by atoms with van der Waals surface area (Å²) in [5.41, 5.74) is 1.93. The van der Waals surface area contributed by atoms with Gasteiger partial charge in [0, 0.05) is 22.5 Å². The molecule has 26 heavy (non-hydrogen) atoms. The first-order valence-corrected chi connectivity index (χ1v) is 8.74. The minimum absolute atomic E-state index is 0.141. The molecule has 3 aromatic rings. The van der Waals surface area contributed by atoms with Crippen LogP contribution in [0.1, 0.15) is 16.1 Å². The minimum Gasteiger partial charge on any atom is -0.451 e. The molecule has 1 aromatic heterocycles. The predicted octanol–water partition coefficient (Wildman–Crippen LogP) is 3.99.